The van der Waals surface area contributed by atoms with Gasteiger partial charge < -0.3 is 9.63 Å². The van der Waals surface area contributed by atoms with Crippen LogP contribution in [0.3, 0.4) is 0 Å². The van der Waals surface area contributed by atoms with Gasteiger partial charge in [-0.3, -0.25) is 15.0 Å². The van der Waals surface area contributed by atoms with Crippen LogP contribution in [0, 0.1) is 5.92 Å². The van der Waals surface area contributed by atoms with Crippen molar-refractivity contribution >= 4 is 11.8 Å². The molecule has 0 atom stereocenters. The van der Waals surface area contributed by atoms with E-state index in [1.54, 1.807) is 6.07 Å². The van der Waals surface area contributed by atoms with Crippen molar-refractivity contribution in [2.75, 3.05) is 31.6 Å². The molecule has 0 radical (unpaired) electrons. The van der Waals surface area contributed by atoms with Crippen molar-refractivity contribution in [1.29, 1.82) is 0 Å². The Kier molecular flexibility index (Phi) is 5.00. The van der Waals surface area contributed by atoms with Crippen LogP contribution in [0.1, 0.15) is 39.3 Å². The van der Waals surface area contributed by atoms with E-state index in [0.717, 1.165) is 31.6 Å². The van der Waals surface area contributed by atoms with Crippen LogP contribution >= 0.6 is 0 Å². The number of carbonyl (C=O) groups is 1. The molecule has 0 bridgehead atoms. The van der Waals surface area contributed by atoms with Gasteiger partial charge in [0.25, 0.3) is 0 Å². The Bertz CT molecular complexity index is 471. The number of likely N-dealkylation sites (tertiary alicyclic amines) is 1. The Morgan fingerprint density at radius 2 is 2.14 bits per heavy atom. The molecule has 21 heavy (non-hydrogen) atoms. The van der Waals surface area contributed by atoms with E-state index in [2.05, 4.69) is 15.4 Å². The first-order chi connectivity index (χ1) is 9.88. The second-order valence-corrected chi connectivity index (χ2v) is 6.78. The average molecular weight is 295 g/mol. The second kappa shape index (κ2) is 6.58. The molecule has 0 spiro atoms. The molecule has 118 valence electrons. The number of aliphatic hydroxyl groups excluding tert-OH is 1. The number of aromatic nitrogens is 1. The first kappa shape index (κ1) is 16.0. The van der Waals surface area contributed by atoms with Gasteiger partial charge in [-0.25, -0.2) is 0 Å². The van der Waals surface area contributed by atoms with Gasteiger partial charge in [0, 0.05) is 18.1 Å². The van der Waals surface area contributed by atoms with Gasteiger partial charge in [-0.2, -0.15) is 0 Å². The van der Waals surface area contributed by atoms with E-state index in [1.807, 2.05) is 20.8 Å². The normalized spacial score (nSPS) is 17.9. The van der Waals surface area contributed by atoms with Crippen molar-refractivity contribution in [3.63, 3.8) is 0 Å². The van der Waals surface area contributed by atoms with Crippen LogP contribution in [0.25, 0.3) is 0 Å². The third-order valence-electron chi connectivity index (χ3n) is 3.87. The lowest BCUT2D eigenvalue weighted by molar-refractivity contribution is -0.117. The summed E-state index contributed by atoms with van der Waals surface area (Å²) >= 11 is 0. The van der Waals surface area contributed by atoms with E-state index in [9.17, 15) is 4.79 Å². The quantitative estimate of drug-likeness (QED) is 0.882. The Morgan fingerprint density at radius 3 is 2.67 bits per heavy atom. The summed E-state index contributed by atoms with van der Waals surface area (Å²) in [5.74, 6) is 0.692. The molecule has 0 saturated carbocycles. The molecule has 0 unspecified atom stereocenters. The van der Waals surface area contributed by atoms with Crippen LogP contribution in [0.5, 0.6) is 0 Å². The minimum Gasteiger partial charge on any atom is -0.396 e. The molecule has 1 aromatic heterocycles. The highest BCUT2D eigenvalue weighted by Crippen LogP contribution is 2.23. The molecule has 1 amide bonds. The molecule has 2 N–H and O–H groups in total. The van der Waals surface area contributed by atoms with Gasteiger partial charge in [0.1, 0.15) is 0 Å². The zero-order chi connectivity index (χ0) is 15.5. The summed E-state index contributed by atoms with van der Waals surface area (Å²) in [6.45, 7) is 8.42. The Hall–Kier alpha value is -1.40. The van der Waals surface area contributed by atoms with Gasteiger partial charge in [0.2, 0.25) is 11.8 Å². The summed E-state index contributed by atoms with van der Waals surface area (Å²) in [7, 11) is 0. The molecule has 2 rings (SSSR count). The first-order valence-electron chi connectivity index (χ1n) is 7.48. The van der Waals surface area contributed by atoms with Gasteiger partial charge in [0.15, 0.2) is 0 Å². The summed E-state index contributed by atoms with van der Waals surface area (Å²) in [6, 6.07) is 1.77. The summed E-state index contributed by atoms with van der Waals surface area (Å²) in [5.41, 5.74) is 0.722. The molecule has 1 fully saturated rings. The van der Waals surface area contributed by atoms with E-state index < -0.39 is 0 Å². The number of piperidine rings is 1. The van der Waals surface area contributed by atoms with Crippen molar-refractivity contribution in [3.8, 4) is 0 Å². The molecule has 2 heterocycles. The minimum atomic E-state index is -0.0986. The Labute approximate surface area is 125 Å². The maximum absolute atomic E-state index is 12.0. The first-order valence-corrected chi connectivity index (χ1v) is 7.48. The zero-order valence-electron chi connectivity index (χ0n) is 13.1. The van der Waals surface area contributed by atoms with Crippen molar-refractivity contribution in [2.24, 2.45) is 5.92 Å². The fraction of sp³-hybridized carbons (Fsp3) is 0.733. The Morgan fingerprint density at radius 1 is 1.48 bits per heavy atom. The van der Waals surface area contributed by atoms with Crippen molar-refractivity contribution in [3.05, 3.63) is 11.8 Å². The average Bonchev–Trinajstić information content (AvgIpc) is 2.88. The van der Waals surface area contributed by atoms with Crippen LogP contribution in [0.4, 0.5) is 5.88 Å². The largest absolute Gasteiger partial charge is 0.396 e. The van der Waals surface area contributed by atoms with Crippen LogP contribution in [0.15, 0.2) is 10.6 Å². The maximum Gasteiger partial charge on any atom is 0.240 e. The number of carbonyl (C=O) groups excluding carboxylic acids is 1. The molecule has 1 aliphatic rings. The second-order valence-electron chi connectivity index (χ2n) is 6.78. The van der Waals surface area contributed by atoms with Gasteiger partial charge >= 0.3 is 0 Å². The molecular formula is C15H25N3O3. The summed E-state index contributed by atoms with van der Waals surface area (Å²) in [6.07, 6.45) is 1.89. The van der Waals surface area contributed by atoms with E-state index >= 15 is 0 Å². The molecule has 6 nitrogen and oxygen atoms in total. The van der Waals surface area contributed by atoms with E-state index in [0.29, 0.717) is 18.3 Å². The summed E-state index contributed by atoms with van der Waals surface area (Å²) < 4.78 is 5.15. The van der Waals surface area contributed by atoms with E-state index in [4.69, 9.17) is 9.63 Å². The van der Waals surface area contributed by atoms with E-state index in [1.165, 1.54) is 0 Å². The number of nitrogens with one attached hydrogen (secondary N) is 1. The third-order valence-corrected chi connectivity index (χ3v) is 3.87. The van der Waals surface area contributed by atoms with Gasteiger partial charge in [-0.1, -0.05) is 25.9 Å². The van der Waals surface area contributed by atoms with Crippen molar-refractivity contribution < 1.29 is 14.4 Å². The molecule has 1 aromatic rings. The smallest absolute Gasteiger partial charge is 0.240 e. The van der Waals surface area contributed by atoms with Crippen molar-refractivity contribution in [2.45, 2.75) is 39.0 Å². The predicted molar refractivity (Wildman–Crippen MR) is 80.1 cm³/mol. The molecule has 0 aliphatic carbocycles. The predicted octanol–water partition coefficient (Wildman–Crippen LogP) is 1.61. The number of nitrogens with zero attached hydrogens (tertiary/aromatic N) is 2. The summed E-state index contributed by atoms with van der Waals surface area (Å²) in [4.78, 5) is 14.1. The minimum absolute atomic E-state index is 0.0888. The highest BCUT2D eigenvalue weighted by Gasteiger charge is 2.22. The van der Waals surface area contributed by atoms with Crippen LogP contribution < -0.4 is 5.32 Å². The van der Waals surface area contributed by atoms with Crippen LogP contribution in [-0.2, 0) is 10.2 Å². The van der Waals surface area contributed by atoms with Crippen LogP contribution in [-0.4, -0.2) is 47.3 Å². The third kappa shape index (κ3) is 4.54. The topological polar surface area (TPSA) is 78.6 Å². The SMILES string of the molecule is CC(C)(C)c1cc(NC(=O)CN2CCC(CO)CC2)on1. The number of hydrogen-bond donors (Lipinski definition) is 2. The fourth-order valence-electron chi connectivity index (χ4n) is 2.39. The highest BCUT2D eigenvalue weighted by atomic mass is 16.5. The molecule has 1 aliphatic heterocycles. The van der Waals surface area contributed by atoms with E-state index in [-0.39, 0.29) is 17.9 Å². The molecule has 1 saturated heterocycles. The standard InChI is InChI=1S/C15H25N3O3/c1-15(2,3)12-8-14(21-17-12)16-13(20)9-18-6-4-11(10-19)5-7-18/h8,11,19H,4-7,9-10H2,1-3H3,(H,16,20). The number of anilines is 1. The molecule has 6 heteroatoms. The number of rotatable bonds is 4. The number of aliphatic hydroxyl groups is 1. The maximum atomic E-state index is 12.0. The molecular weight excluding hydrogens is 270 g/mol. The van der Waals surface area contributed by atoms with Crippen LogP contribution in [0.2, 0.25) is 0 Å². The fourth-order valence-corrected chi connectivity index (χ4v) is 2.39. The lowest BCUT2D eigenvalue weighted by atomic mass is 9.92. The van der Waals surface area contributed by atoms with Gasteiger partial charge in [-0.05, 0) is 31.8 Å². The number of hydrogen-bond acceptors (Lipinski definition) is 5. The lowest BCUT2D eigenvalue weighted by Gasteiger charge is -2.30. The molecule has 0 aromatic carbocycles. The lowest BCUT2D eigenvalue weighted by Crippen LogP contribution is -2.39. The highest BCUT2D eigenvalue weighted by molar-refractivity contribution is 5.91. The van der Waals surface area contributed by atoms with Gasteiger partial charge in [0.05, 0.1) is 12.2 Å². The Balaban J connectivity index is 1.81. The summed E-state index contributed by atoms with van der Waals surface area (Å²) in [5, 5.41) is 15.8. The number of amides is 1. The van der Waals surface area contributed by atoms with Crippen molar-refractivity contribution in [1.82, 2.24) is 10.1 Å². The zero-order valence-corrected chi connectivity index (χ0v) is 13.1. The van der Waals surface area contributed by atoms with Gasteiger partial charge in [-0.15, -0.1) is 0 Å². The monoisotopic (exact) mass is 295 g/mol.